The van der Waals surface area contributed by atoms with Crippen LogP contribution in [0.4, 0.5) is 0 Å². The Hall–Kier alpha value is -1.13. The van der Waals surface area contributed by atoms with E-state index in [1.165, 1.54) is 25.6 Å². The van der Waals surface area contributed by atoms with Crippen molar-refractivity contribution in [3.63, 3.8) is 0 Å². The van der Waals surface area contributed by atoms with Crippen LogP contribution in [0.25, 0.3) is 0 Å². The van der Waals surface area contributed by atoms with Crippen molar-refractivity contribution in [1.82, 2.24) is 14.8 Å². The van der Waals surface area contributed by atoms with E-state index < -0.39 is 0 Å². The molecular formula is C15H20ClN3O. The minimum absolute atomic E-state index is 0.0454. The quantitative estimate of drug-likeness (QED) is 0.797. The number of amides is 1. The molecule has 3 heterocycles. The van der Waals surface area contributed by atoms with Gasteiger partial charge in [0.1, 0.15) is 0 Å². The maximum absolute atomic E-state index is 12.6. The summed E-state index contributed by atoms with van der Waals surface area (Å²) >= 11 is 6.08. The highest BCUT2D eigenvalue weighted by Gasteiger charge is 2.36. The van der Waals surface area contributed by atoms with E-state index in [4.69, 9.17) is 11.6 Å². The number of likely N-dealkylation sites (tertiary alicyclic amines) is 2. The van der Waals surface area contributed by atoms with Crippen molar-refractivity contribution in [1.29, 1.82) is 0 Å². The van der Waals surface area contributed by atoms with E-state index in [1.54, 1.807) is 12.3 Å². The van der Waals surface area contributed by atoms with Crippen LogP contribution in [0.5, 0.6) is 0 Å². The normalized spacial score (nSPS) is 27.2. The molecule has 0 aliphatic carbocycles. The van der Waals surface area contributed by atoms with Crippen molar-refractivity contribution < 1.29 is 4.79 Å². The summed E-state index contributed by atoms with van der Waals surface area (Å²) in [6.07, 6.45) is 6.68. The molecule has 0 N–H and O–H groups in total. The van der Waals surface area contributed by atoms with Gasteiger partial charge in [0.15, 0.2) is 0 Å². The summed E-state index contributed by atoms with van der Waals surface area (Å²) in [5.74, 6) is 0.649. The first-order valence-electron chi connectivity index (χ1n) is 7.26. The zero-order valence-corrected chi connectivity index (χ0v) is 12.5. The van der Waals surface area contributed by atoms with E-state index >= 15 is 0 Å². The number of pyridine rings is 1. The largest absolute Gasteiger partial charge is 0.338 e. The van der Waals surface area contributed by atoms with Crippen LogP contribution in [-0.2, 0) is 0 Å². The van der Waals surface area contributed by atoms with Crippen molar-refractivity contribution in [3.8, 4) is 0 Å². The van der Waals surface area contributed by atoms with Gasteiger partial charge in [-0.05, 0) is 44.8 Å². The molecule has 2 unspecified atom stereocenters. The third-order valence-electron chi connectivity index (χ3n) is 4.64. The number of fused-ring (bicyclic) bond motifs is 1. The van der Waals surface area contributed by atoms with Crippen LogP contribution in [0.2, 0.25) is 5.02 Å². The predicted molar refractivity (Wildman–Crippen MR) is 78.9 cm³/mol. The Bertz CT molecular complexity index is 508. The van der Waals surface area contributed by atoms with Crippen LogP contribution in [0.3, 0.4) is 0 Å². The highest BCUT2D eigenvalue weighted by atomic mass is 35.5. The number of rotatable bonds is 1. The number of carbonyl (C=O) groups excluding carboxylic acids is 1. The fourth-order valence-electron chi connectivity index (χ4n) is 3.56. The summed E-state index contributed by atoms with van der Waals surface area (Å²) in [4.78, 5) is 20.9. The van der Waals surface area contributed by atoms with Crippen molar-refractivity contribution in [2.24, 2.45) is 5.92 Å². The number of halogens is 1. The molecule has 1 aromatic heterocycles. The summed E-state index contributed by atoms with van der Waals surface area (Å²) in [5, 5.41) is 0.445. The highest BCUT2D eigenvalue weighted by Crippen LogP contribution is 2.30. The smallest absolute Gasteiger partial charge is 0.255 e. The van der Waals surface area contributed by atoms with Crippen LogP contribution >= 0.6 is 11.6 Å². The van der Waals surface area contributed by atoms with Gasteiger partial charge in [-0.3, -0.25) is 9.78 Å². The molecule has 0 aromatic carbocycles. The lowest BCUT2D eigenvalue weighted by molar-refractivity contribution is 0.0317. The molecule has 2 aliphatic rings. The summed E-state index contributed by atoms with van der Waals surface area (Å²) in [6.45, 7) is 2.86. The third kappa shape index (κ3) is 2.54. The van der Waals surface area contributed by atoms with Crippen molar-refractivity contribution in [3.05, 3.63) is 29.0 Å². The lowest BCUT2D eigenvalue weighted by Gasteiger charge is -2.46. The van der Waals surface area contributed by atoms with Crippen LogP contribution in [0.1, 0.15) is 29.6 Å². The second-order valence-electron chi connectivity index (χ2n) is 5.85. The Morgan fingerprint density at radius 1 is 1.40 bits per heavy atom. The second kappa shape index (κ2) is 5.70. The first-order chi connectivity index (χ1) is 9.66. The number of piperidine rings is 2. The third-order valence-corrected chi connectivity index (χ3v) is 4.94. The number of hydrogen-bond donors (Lipinski definition) is 0. The van der Waals surface area contributed by atoms with Crippen LogP contribution < -0.4 is 0 Å². The molecule has 0 bridgehead atoms. The fraction of sp³-hybridized carbons (Fsp3) is 0.600. The molecule has 20 heavy (non-hydrogen) atoms. The highest BCUT2D eigenvalue weighted by molar-refractivity contribution is 6.33. The Morgan fingerprint density at radius 2 is 2.25 bits per heavy atom. The van der Waals surface area contributed by atoms with Gasteiger partial charge in [-0.25, -0.2) is 0 Å². The average molecular weight is 294 g/mol. The molecule has 0 saturated carbocycles. The first kappa shape index (κ1) is 13.8. The molecule has 2 aliphatic heterocycles. The van der Waals surface area contributed by atoms with Gasteiger partial charge < -0.3 is 9.80 Å². The number of hydrogen-bond acceptors (Lipinski definition) is 3. The SMILES string of the molecule is CN1CCCC2CN(C(=O)c3ccncc3Cl)CCC21. The van der Waals surface area contributed by atoms with E-state index in [2.05, 4.69) is 16.9 Å². The van der Waals surface area contributed by atoms with Gasteiger partial charge in [0.05, 0.1) is 10.6 Å². The standard InChI is InChI=1S/C15H20ClN3O/c1-18-7-2-3-11-10-19(8-5-14(11)18)15(20)12-4-6-17-9-13(12)16/h4,6,9,11,14H,2-3,5,7-8,10H2,1H3. The lowest BCUT2D eigenvalue weighted by Crippen LogP contribution is -2.53. The maximum atomic E-state index is 12.6. The van der Waals surface area contributed by atoms with Gasteiger partial charge in [-0.2, -0.15) is 0 Å². The van der Waals surface area contributed by atoms with E-state index in [0.29, 0.717) is 22.5 Å². The molecule has 0 radical (unpaired) electrons. The summed E-state index contributed by atoms with van der Waals surface area (Å²) in [6, 6.07) is 2.35. The number of carbonyl (C=O) groups is 1. The average Bonchev–Trinajstić information content (AvgIpc) is 2.47. The molecule has 3 rings (SSSR count). The van der Waals surface area contributed by atoms with Gasteiger partial charge in [-0.15, -0.1) is 0 Å². The summed E-state index contributed by atoms with van der Waals surface area (Å²) in [7, 11) is 2.20. The van der Waals surface area contributed by atoms with E-state index in [-0.39, 0.29) is 5.91 Å². The second-order valence-corrected chi connectivity index (χ2v) is 6.25. The fourth-order valence-corrected chi connectivity index (χ4v) is 3.76. The van der Waals surface area contributed by atoms with Crippen molar-refractivity contribution >= 4 is 17.5 Å². The molecule has 0 spiro atoms. The van der Waals surface area contributed by atoms with Crippen LogP contribution in [0.15, 0.2) is 18.5 Å². The topological polar surface area (TPSA) is 36.4 Å². The van der Waals surface area contributed by atoms with Crippen LogP contribution in [0, 0.1) is 5.92 Å². The first-order valence-corrected chi connectivity index (χ1v) is 7.63. The Balaban J connectivity index is 1.73. The zero-order chi connectivity index (χ0) is 14.1. The monoisotopic (exact) mass is 293 g/mol. The molecule has 5 heteroatoms. The lowest BCUT2D eigenvalue weighted by atomic mass is 9.84. The molecule has 4 nitrogen and oxygen atoms in total. The molecule has 108 valence electrons. The minimum Gasteiger partial charge on any atom is -0.338 e. The Morgan fingerprint density at radius 3 is 3.05 bits per heavy atom. The van der Waals surface area contributed by atoms with E-state index in [1.807, 2.05) is 4.90 Å². The van der Waals surface area contributed by atoms with Crippen LogP contribution in [-0.4, -0.2) is 53.4 Å². The molecule has 1 amide bonds. The molecule has 2 saturated heterocycles. The zero-order valence-electron chi connectivity index (χ0n) is 11.8. The van der Waals surface area contributed by atoms with Crippen molar-refractivity contribution in [2.45, 2.75) is 25.3 Å². The number of aromatic nitrogens is 1. The van der Waals surface area contributed by atoms with Gasteiger partial charge in [-0.1, -0.05) is 11.6 Å². The summed E-state index contributed by atoms with van der Waals surface area (Å²) < 4.78 is 0. The van der Waals surface area contributed by atoms with Gasteiger partial charge >= 0.3 is 0 Å². The van der Waals surface area contributed by atoms with E-state index in [0.717, 1.165) is 19.5 Å². The number of nitrogens with zero attached hydrogens (tertiary/aromatic N) is 3. The van der Waals surface area contributed by atoms with Crippen molar-refractivity contribution in [2.75, 3.05) is 26.7 Å². The predicted octanol–water partition coefficient (Wildman–Crippen LogP) is 2.29. The van der Waals surface area contributed by atoms with Gasteiger partial charge in [0.2, 0.25) is 0 Å². The molecule has 2 atom stereocenters. The summed E-state index contributed by atoms with van der Waals surface area (Å²) in [5.41, 5.74) is 0.573. The molecule has 1 aromatic rings. The van der Waals surface area contributed by atoms with E-state index in [9.17, 15) is 4.79 Å². The van der Waals surface area contributed by atoms with Gasteiger partial charge in [0.25, 0.3) is 5.91 Å². The molecule has 2 fully saturated rings. The Kier molecular flexibility index (Phi) is 3.94. The van der Waals surface area contributed by atoms with Gasteiger partial charge in [0, 0.05) is 31.5 Å². The minimum atomic E-state index is 0.0454. The Labute approximate surface area is 124 Å². The molecular weight excluding hydrogens is 274 g/mol. The maximum Gasteiger partial charge on any atom is 0.255 e.